The van der Waals surface area contributed by atoms with Gasteiger partial charge in [-0.1, -0.05) is 124 Å². The maximum absolute atomic E-state index is 10.9. The summed E-state index contributed by atoms with van der Waals surface area (Å²) < 4.78 is 14.0. The molecule has 0 amide bonds. The molecule has 4 atom stereocenters. The van der Waals surface area contributed by atoms with E-state index in [0.717, 1.165) is 25.9 Å². The number of hydrogen-bond acceptors (Lipinski definition) is 3. The highest BCUT2D eigenvalue weighted by atomic mass is 28.4. The first-order chi connectivity index (χ1) is 19.8. The Labute approximate surface area is 246 Å². The van der Waals surface area contributed by atoms with Crippen LogP contribution in [-0.2, 0) is 19.4 Å². The van der Waals surface area contributed by atoms with Gasteiger partial charge in [0.05, 0.1) is 12.7 Å². The standard InChI is InChI=1S/C36H44O4Si/c1-35(2,3)41(29-19-11-7-12-20-29,30-21-13-8-14-22-30)40-26-31-32(23-15-4-5-16-24-34(37)38)36(25-33(31)39-27-36)28-17-9-6-10-18-28/h4,6-15,17-22,31-33H,5,16,23-27H2,1-3H3,(H,37,38)/t31-,32-,33-,36-/m1/s1. The molecule has 1 heterocycles. The number of unbranched alkanes of at least 4 members (excludes halogenated alkanes) is 1. The highest BCUT2D eigenvalue weighted by Crippen LogP contribution is 2.57. The predicted molar refractivity (Wildman–Crippen MR) is 168 cm³/mol. The van der Waals surface area contributed by atoms with Crippen molar-refractivity contribution in [2.45, 2.75) is 69.4 Å². The summed E-state index contributed by atoms with van der Waals surface area (Å²) in [4.78, 5) is 10.9. The molecule has 3 aromatic rings. The van der Waals surface area contributed by atoms with E-state index in [-0.39, 0.29) is 28.9 Å². The van der Waals surface area contributed by atoms with Crippen LogP contribution in [0.1, 0.15) is 58.4 Å². The topological polar surface area (TPSA) is 55.8 Å². The lowest BCUT2D eigenvalue weighted by atomic mass is 9.69. The van der Waals surface area contributed by atoms with Crippen molar-refractivity contribution in [2.24, 2.45) is 11.8 Å². The van der Waals surface area contributed by atoms with Gasteiger partial charge in [0.15, 0.2) is 0 Å². The first-order valence-corrected chi connectivity index (χ1v) is 17.0. The maximum Gasteiger partial charge on any atom is 0.303 e. The number of rotatable bonds is 12. The second-order valence-corrected chi connectivity index (χ2v) is 17.1. The number of benzene rings is 3. The summed E-state index contributed by atoms with van der Waals surface area (Å²) in [7, 11) is -2.67. The van der Waals surface area contributed by atoms with Crippen LogP contribution in [0.4, 0.5) is 0 Å². The zero-order chi connectivity index (χ0) is 28.9. The van der Waals surface area contributed by atoms with Crippen LogP contribution in [0.3, 0.4) is 0 Å². The van der Waals surface area contributed by atoms with E-state index < -0.39 is 14.3 Å². The first-order valence-electron chi connectivity index (χ1n) is 15.1. The fraction of sp³-hybridized carbons (Fsp3) is 0.417. The molecule has 216 valence electrons. The Kier molecular flexibility index (Phi) is 8.98. The van der Waals surface area contributed by atoms with Gasteiger partial charge in [-0.05, 0) is 52.6 Å². The van der Waals surface area contributed by atoms with Crippen molar-refractivity contribution in [2.75, 3.05) is 13.2 Å². The molecule has 2 bridgehead atoms. The van der Waals surface area contributed by atoms with E-state index in [0.29, 0.717) is 18.9 Å². The first kappa shape index (κ1) is 29.5. The van der Waals surface area contributed by atoms with Crippen molar-refractivity contribution in [3.05, 3.63) is 109 Å². The van der Waals surface area contributed by atoms with Crippen LogP contribution in [0.2, 0.25) is 5.04 Å². The number of aliphatic carboxylic acids is 1. The number of carbonyl (C=O) groups is 1. The van der Waals surface area contributed by atoms with Gasteiger partial charge in [-0.3, -0.25) is 4.79 Å². The second kappa shape index (κ2) is 12.5. The van der Waals surface area contributed by atoms with Crippen molar-refractivity contribution >= 4 is 24.7 Å². The van der Waals surface area contributed by atoms with Gasteiger partial charge in [-0.2, -0.15) is 0 Å². The van der Waals surface area contributed by atoms with Crippen LogP contribution in [-0.4, -0.2) is 38.7 Å². The van der Waals surface area contributed by atoms with Crippen LogP contribution < -0.4 is 10.4 Å². The molecule has 2 fully saturated rings. The van der Waals surface area contributed by atoms with E-state index in [9.17, 15) is 4.79 Å². The Morgan fingerprint density at radius 2 is 1.54 bits per heavy atom. The molecule has 1 saturated heterocycles. The maximum atomic E-state index is 10.9. The summed E-state index contributed by atoms with van der Waals surface area (Å²) >= 11 is 0. The van der Waals surface area contributed by atoms with Crippen molar-refractivity contribution in [1.29, 1.82) is 0 Å². The third-order valence-corrected chi connectivity index (χ3v) is 14.4. The van der Waals surface area contributed by atoms with E-state index in [4.69, 9.17) is 14.3 Å². The van der Waals surface area contributed by atoms with E-state index in [2.05, 4.69) is 124 Å². The number of carboxylic acids is 1. The quantitative estimate of drug-likeness (QED) is 0.149. The Morgan fingerprint density at radius 3 is 2.10 bits per heavy atom. The monoisotopic (exact) mass is 568 g/mol. The third kappa shape index (κ3) is 5.86. The van der Waals surface area contributed by atoms with Crippen LogP contribution in [0, 0.1) is 11.8 Å². The van der Waals surface area contributed by atoms with Crippen molar-refractivity contribution in [3.8, 4) is 0 Å². The molecule has 4 nitrogen and oxygen atoms in total. The molecule has 0 aromatic heterocycles. The number of fused-ring (bicyclic) bond motifs is 2. The molecule has 5 heteroatoms. The van der Waals surface area contributed by atoms with Gasteiger partial charge < -0.3 is 14.3 Å². The van der Waals surface area contributed by atoms with Gasteiger partial charge >= 0.3 is 5.97 Å². The van der Waals surface area contributed by atoms with E-state index in [1.807, 2.05) is 0 Å². The average molecular weight is 569 g/mol. The predicted octanol–water partition coefficient (Wildman–Crippen LogP) is 6.74. The van der Waals surface area contributed by atoms with Gasteiger partial charge in [-0.25, -0.2) is 0 Å². The van der Waals surface area contributed by atoms with Crippen LogP contribution >= 0.6 is 0 Å². The molecular formula is C36H44O4Si. The fourth-order valence-corrected chi connectivity index (χ4v) is 12.1. The smallest absolute Gasteiger partial charge is 0.303 e. The molecule has 5 rings (SSSR count). The minimum atomic E-state index is -2.67. The third-order valence-electron chi connectivity index (χ3n) is 9.40. The zero-order valence-electron chi connectivity index (χ0n) is 24.7. The summed E-state index contributed by atoms with van der Waals surface area (Å²) in [5.74, 6) is -0.0703. The summed E-state index contributed by atoms with van der Waals surface area (Å²) in [5, 5.41) is 11.5. The average Bonchev–Trinajstić information content (AvgIpc) is 3.54. The summed E-state index contributed by atoms with van der Waals surface area (Å²) in [6.45, 7) is 8.40. The van der Waals surface area contributed by atoms with E-state index in [1.165, 1.54) is 15.9 Å². The Hall–Kier alpha value is -2.99. The van der Waals surface area contributed by atoms with E-state index in [1.54, 1.807) is 0 Å². The van der Waals surface area contributed by atoms with Crippen LogP contribution in [0.25, 0.3) is 0 Å². The number of allylic oxidation sites excluding steroid dienone is 2. The highest BCUT2D eigenvalue weighted by Gasteiger charge is 2.60. The molecule has 1 aliphatic carbocycles. The van der Waals surface area contributed by atoms with Crippen LogP contribution in [0.15, 0.2) is 103 Å². The zero-order valence-corrected chi connectivity index (χ0v) is 25.7. The molecule has 41 heavy (non-hydrogen) atoms. The number of ether oxygens (including phenoxy) is 1. The second-order valence-electron chi connectivity index (χ2n) is 12.8. The summed E-state index contributed by atoms with van der Waals surface area (Å²) in [6.07, 6.45) is 8.26. The highest BCUT2D eigenvalue weighted by molar-refractivity contribution is 6.99. The van der Waals surface area contributed by atoms with Crippen molar-refractivity contribution < 1.29 is 19.1 Å². The molecular weight excluding hydrogens is 524 g/mol. The Bertz CT molecular complexity index is 1260. The van der Waals surface area contributed by atoms with Gasteiger partial charge in [0.1, 0.15) is 0 Å². The normalized spacial score (nSPS) is 24.2. The Balaban J connectivity index is 1.47. The fourth-order valence-electron chi connectivity index (χ4n) is 7.46. The molecule has 1 N–H and O–H groups in total. The lowest BCUT2D eigenvalue weighted by molar-refractivity contribution is -0.137. The number of hydrogen-bond donors (Lipinski definition) is 1. The minimum Gasteiger partial charge on any atom is -0.481 e. The molecule has 3 aromatic carbocycles. The molecule has 1 aliphatic heterocycles. The van der Waals surface area contributed by atoms with Crippen LogP contribution in [0.5, 0.6) is 0 Å². The van der Waals surface area contributed by atoms with Crippen molar-refractivity contribution in [1.82, 2.24) is 0 Å². The van der Waals surface area contributed by atoms with E-state index >= 15 is 0 Å². The largest absolute Gasteiger partial charge is 0.481 e. The van der Waals surface area contributed by atoms with Crippen molar-refractivity contribution in [3.63, 3.8) is 0 Å². The molecule has 0 spiro atoms. The summed E-state index contributed by atoms with van der Waals surface area (Å²) in [6, 6.07) is 32.6. The van der Waals surface area contributed by atoms with Gasteiger partial charge in [0.2, 0.25) is 0 Å². The number of carboxylic acid groups (broad SMARTS) is 1. The molecule has 1 saturated carbocycles. The van der Waals surface area contributed by atoms with Gasteiger partial charge in [-0.15, -0.1) is 0 Å². The summed E-state index contributed by atoms with van der Waals surface area (Å²) in [5.41, 5.74) is 1.33. The molecule has 2 aliphatic rings. The Morgan fingerprint density at radius 1 is 0.951 bits per heavy atom. The van der Waals surface area contributed by atoms with Gasteiger partial charge in [0, 0.05) is 24.4 Å². The molecule has 0 unspecified atom stereocenters. The minimum absolute atomic E-state index is 0.0310. The van der Waals surface area contributed by atoms with Gasteiger partial charge in [0.25, 0.3) is 8.32 Å². The lowest BCUT2D eigenvalue weighted by Gasteiger charge is -2.45. The molecule has 0 radical (unpaired) electrons. The SMILES string of the molecule is CC(C)(C)[Si](OC[C@@H]1[C@@H](CC=CCCCC(=O)O)[C@@]2(c3ccccc3)CO[C@@H]1C2)(c1ccccc1)c1ccccc1. The lowest BCUT2D eigenvalue weighted by Crippen LogP contribution is -2.67.